The number of hydrogen-bond acceptors (Lipinski definition) is 4. The average molecular weight is 317 g/mol. The minimum absolute atomic E-state index is 0.00250. The van der Waals surface area contributed by atoms with Gasteiger partial charge in [0.25, 0.3) is 0 Å². The fourth-order valence-corrected chi connectivity index (χ4v) is 2.91. The molecule has 2 amide bonds. The normalized spacial score (nSPS) is 14.1. The van der Waals surface area contributed by atoms with E-state index in [-0.39, 0.29) is 11.8 Å². The van der Waals surface area contributed by atoms with Crippen molar-refractivity contribution >= 4 is 39.4 Å². The highest BCUT2D eigenvalue weighted by molar-refractivity contribution is 7.19. The van der Waals surface area contributed by atoms with E-state index < -0.39 is 11.9 Å². The second-order valence-corrected chi connectivity index (χ2v) is 6.19. The van der Waals surface area contributed by atoms with Gasteiger partial charge in [0, 0.05) is 6.08 Å². The number of para-hydroxylation sites is 1. The van der Waals surface area contributed by atoms with Crippen LogP contribution >= 0.6 is 11.3 Å². The number of rotatable bonds is 6. The van der Waals surface area contributed by atoms with Crippen LogP contribution < -0.4 is 11.1 Å². The number of benzene rings is 1. The predicted octanol–water partition coefficient (Wildman–Crippen LogP) is 2.33. The molecule has 22 heavy (non-hydrogen) atoms. The first-order chi connectivity index (χ1) is 10.5. The zero-order valence-corrected chi connectivity index (χ0v) is 13.4. The Kier molecular flexibility index (Phi) is 5.27. The Morgan fingerprint density at radius 1 is 1.41 bits per heavy atom. The van der Waals surface area contributed by atoms with E-state index in [2.05, 4.69) is 10.3 Å². The van der Waals surface area contributed by atoms with Gasteiger partial charge in [-0.1, -0.05) is 32.4 Å². The van der Waals surface area contributed by atoms with Crippen molar-refractivity contribution in [3.63, 3.8) is 0 Å². The molecular formula is C16H19N3O2S. The summed E-state index contributed by atoms with van der Waals surface area (Å²) in [5, 5.41) is 3.39. The topological polar surface area (TPSA) is 85.1 Å². The Bertz CT molecular complexity index is 675. The van der Waals surface area contributed by atoms with E-state index in [1.807, 2.05) is 38.1 Å². The summed E-state index contributed by atoms with van der Waals surface area (Å²) in [5.41, 5.74) is 6.24. The highest BCUT2D eigenvalue weighted by Crippen LogP contribution is 2.22. The highest BCUT2D eigenvalue weighted by Gasteiger charge is 2.22. The molecule has 2 atom stereocenters. The van der Waals surface area contributed by atoms with Crippen molar-refractivity contribution in [2.45, 2.75) is 26.3 Å². The molecule has 3 N–H and O–H groups in total. The third-order valence-electron chi connectivity index (χ3n) is 3.50. The number of nitrogens with two attached hydrogens (primary N) is 1. The number of fused-ring (bicyclic) bond motifs is 1. The first kappa shape index (κ1) is 16.2. The summed E-state index contributed by atoms with van der Waals surface area (Å²) in [5.74, 6) is -0.864. The Morgan fingerprint density at radius 2 is 2.14 bits per heavy atom. The van der Waals surface area contributed by atoms with Gasteiger partial charge in [-0.2, -0.15) is 0 Å². The van der Waals surface area contributed by atoms with Crippen LogP contribution in [0, 0.1) is 5.92 Å². The summed E-state index contributed by atoms with van der Waals surface area (Å²) in [6, 6.07) is 7.12. The minimum Gasteiger partial charge on any atom is -0.368 e. The van der Waals surface area contributed by atoms with Crippen molar-refractivity contribution < 1.29 is 9.59 Å². The van der Waals surface area contributed by atoms with E-state index >= 15 is 0 Å². The molecule has 0 aliphatic carbocycles. The van der Waals surface area contributed by atoms with Gasteiger partial charge in [0.05, 0.1) is 10.2 Å². The van der Waals surface area contributed by atoms with Crippen molar-refractivity contribution in [1.82, 2.24) is 10.3 Å². The Hall–Kier alpha value is -2.21. The number of carbonyl (C=O) groups excluding carboxylic acids is 2. The molecule has 2 rings (SSSR count). The van der Waals surface area contributed by atoms with Crippen molar-refractivity contribution in [3.8, 4) is 0 Å². The number of primary amides is 1. The second-order valence-electron chi connectivity index (χ2n) is 5.13. The van der Waals surface area contributed by atoms with Crippen molar-refractivity contribution in [2.24, 2.45) is 11.7 Å². The van der Waals surface area contributed by atoms with Crippen LogP contribution in [0.3, 0.4) is 0 Å². The number of amides is 2. The lowest BCUT2D eigenvalue weighted by Crippen LogP contribution is -2.47. The molecule has 0 bridgehead atoms. The number of carbonyl (C=O) groups is 2. The summed E-state index contributed by atoms with van der Waals surface area (Å²) in [6.07, 6.45) is 3.79. The van der Waals surface area contributed by atoms with Crippen LogP contribution in [0.5, 0.6) is 0 Å². The molecule has 0 aliphatic heterocycles. The third kappa shape index (κ3) is 3.92. The molecule has 0 saturated carbocycles. The summed E-state index contributed by atoms with van der Waals surface area (Å²) < 4.78 is 1.07. The fraction of sp³-hybridized carbons (Fsp3) is 0.312. The Balaban J connectivity index is 2.05. The maximum Gasteiger partial charge on any atom is 0.244 e. The van der Waals surface area contributed by atoms with E-state index in [4.69, 9.17) is 5.73 Å². The van der Waals surface area contributed by atoms with Gasteiger partial charge in [-0.05, 0) is 24.1 Å². The lowest BCUT2D eigenvalue weighted by Gasteiger charge is -2.20. The standard InChI is InChI=1S/C16H19N3O2S/c1-3-10(2)15(16(17)21)19-13(20)8-9-14-18-11-6-4-5-7-12(11)22-14/h4-10,15H,3H2,1-2H3,(H2,17,21)(H,19,20)/b9-8-/t10-,15+/m0/s1. The molecule has 0 fully saturated rings. The maximum atomic E-state index is 11.9. The summed E-state index contributed by atoms with van der Waals surface area (Å²) >= 11 is 1.51. The maximum absolute atomic E-state index is 11.9. The molecule has 1 heterocycles. The molecule has 116 valence electrons. The largest absolute Gasteiger partial charge is 0.368 e. The Morgan fingerprint density at radius 3 is 2.77 bits per heavy atom. The molecular weight excluding hydrogens is 298 g/mol. The van der Waals surface area contributed by atoms with Crippen LogP contribution in [-0.4, -0.2) is 22.8 Å². The smallest absolute Gasteiger partial charge is 0.244 e. The van der Waals surface area contributed by atoms with Gasteiger partial charge < -0.3 is 11.1 Å². The summed E-state index contributed by atoms with van der Waals surface area (Å²) in [7, 11) is 0. The second kappa shape index (κ2) is 7.17. The Labute approximate surface area is 133 Å². The first-order valence-electron chi connectivity index (χ1n) is 7.14. The van der Waals surface area contributed by atoms with Gasteiger partial charge in [0.1, 0.15) is 11.0 Å². The van der Waals surface area contributed by atoms with Gasteiger partial charge in [-0.25, -0.2) is 4.98 Å². The fourth-order valence-electron chi connectivity index (χ4n) is 2.04. The molecule has 2 aromatic rings. The quantitative estimate of drug-likeness (QED) is 0.802. The molecule has 0 spiro atoms. The van der Waals surface area contributed by atoms with E-state index in [1.165, 1.54) is 17.4 Å². The van der Waals surface area contributed by atoms with Crippen LogP contribution in [0.4, 0.5) is 0 Å². The molecule has 0 radical (unpaired) electrons. The van der Waals surface area contributed by atoms with Gasteiger partial charge in [0.2, 0.25) is 11.8 Å². The molecule has 0 aliphatic rings. The van der Waals surface area contributed by atoms with Crippen LogP contribution in [0.2, 0.25) is 0 Å². The highest BCUT2D eigenvalue weighted by atomic mass is 32.1. The summed E-state index contributed by atoms with van der Waals surface area (Å²) in [4.78, 5) is 27.7. The summed E-state index contributed by atoms with van der Waals surface area (Å²) in [6.45, 7) is 3.83. The van der Waals surface area contributed by atoms with Crippen molar-refractivity contribution in [3.05, 3.63) is 35.3 Å². The number of aromatic nitrogens is 1. The lowest BCUT2D eigenvalue weighted by molar-refractivity contribution is -0.126. The number of nitrogens with zero attached hydrogens (tertiary/aromatic N) is 1. The van der Waals surface area contributed by atoms with E-state index in [0.717, 1.165) is 21.6 Å². The monoisotopic (exact) mass is 317 g/mol. The van der Waals surface area contributed by atoms with E-state index in [1.54, 1.807) is 6.08 Å². The zero-order chi connectivity index (χ0) is 16.1. The average Bonchev–Trinajstić information content (AvgIpc) is 2.92. The van der Waals surface area contributed by atoms with Crippen LogP contribution in [0.25, 0.3) is 16.3 Å². The van der Waals surface area contributed by atoms with E-state index in [0.29, 0.717) is 0 Å². The predicted molar refractivity (Wildman–Crippen MR) is 89.2 cm³/mol. The van der Waals surface area contributed by atoms with Gasteiger partial charge in [-0.15, -0.1) is 11.3 Å². The third-order valence-corrected chi connectivity index (χ3v) is 4.51. The lowest BCUT2D eigenvalue weighted by atomic mass is 9.98. The van der Waals surface area contributed by atoms with Gasteiger partial charge >= 0.3 is 0 Å². The van der Waals surface area contributed by atoms with Gasteiger partial charge in [-0.3, -0.25) is 9.59 Å². The molecule has 6 heteroatoms. The SMILES string of the molecule is CC[C@H](C)[C@@H](NC(=O)/C=C\c1nc2ccccc2s1)C(N)=O. The minimum atomic E-state index is -0.655. The number of hydrogen-bond donors (Lipinski definition) is 2. The van der Waals surface area contributed by atoms with Crippen molar-refractivity contribution in [2.75, 3.05) is 0 Å². The van der Waals surface area contributed by atoms with Crippen molar-refractivity contribution in [1.29, 1.82) is 0 Å². The molecule has 5 nitrogen and oxygen atoms in total. The van der Waals surface area contributed by atoms with Gasteiger partial charge in [0.15, 0.2) is 0 Å². The molecule has 0 saturated heterocycles. The molecule has 1 aromatic heterocycles. The van der Waals surface area contributed by atoms with Crippen LogP contribution in [-0.2, 0) is 9.59 Å². The number of thiazole rings is 1. The number of nitrogens with one attached hydrogen (secondary N) is 1. The first-order valence-corrected chi connectivity index (χ1v) is 7.96. The van der Waals surface area contributed by atoms with Crippen LogP contribution in [0.1, 0.15) is 25.3 Å². The van der Waals surface area contributed by atoms with E-state index in [9.17, 15) is 9.59 Å². The zero-order valence-electron chi connectivity index (χ0n) is 12.6. The van der Waals surface area contributed by atoms with Crippen LogP contribution in [0.15, 0.2) is 30.3 Å². The molecule has 1 aromatic carbocycles. The molecule has 0 unspecified atom stereocenters.